The number of halogens is 1. The Balaban J connectivity index is 2.25. The van der Waals surface area contributed by atoms with Crippen molar-refractivity contribution in [2.24, 2.45) is 0 Å². The minimum absolute atomic E-state index is 0.151. The Morgan fingerprint density at radius 2 is 1.84 bits per heavy atom. The van der Waals surface area contributed by atoms with Crippen LogP contribution in [0.3, 0.4) is 0 Å². The van der Waals surface area contributed by atoms with Gasteiger partial charge in [0.1, 0.15) is 6.42 Å². The van der Waals surface area contributed by atoms with E-state index in [9.17, 15) is 4.79 Å². The van der Waals surface area contributed by atoms with Crippen molar-refractivity contribution in [1.82, 2.24) is 0 Å². The summed E-state index contributed by atoms with van der Waals surface area (Å²) in [6.07, 6.45) is -0.151. The molecule has 0 heterocycles. The Hall–Kier alpha value is -2.31. The standard InChI is InChI=1S/C15H11ClN2O/c16-13-5-1-3-11(9-13)12-4-2-6-14(10-12)18-15(19)7-8-17/h1-6,9-10H,7H2,(H,18,19). The minimum atomic E-state index is -0.314. The summed E-state index contributed by atoms with van der Waals surface area (Å²) in [5.74, 6) is -0.314. The molecule has 3 nitrogen and oxygen atoms in total. The summed E-state index contributed by atoms with van der Waals surface area (Å²) < 4.78 is 0. The van der Waals surface area contributed by atoms with Gasteiger partial charge in [0.05, 0.1) is 6.07 Å². The third kappa shape index (κ3) is 3.57. The zero-order valence-corrected chi connectivity index (χ0v) is 10.8. The second kappa shape index (κ2) is 6.03. The number of carbonyl (C=O) groups excluding carboxylic acids is 1. The van der Waals surface area contributed by atoms with Crippen LogP contribution >= 0.6 is 11.6 Å². The average molecular weight is 271 g/mol. The predicted octanol–water partition coefficient (Wildman–Crippen LogP) is 3.86. The van der Waals surface area contributed by atoms with Gasteiger partial charge >= 0.3 is 0 Å². The van der Waals surface area contributed by atoms with Crippen LogP contribution in [0.5, 0.6) is 0 Å². The Bertz CT molecular complexity index is 647. The van der Waals surface area contributed by atoms with E-state index in [4.69, 9.17) is 16.9 Å². The van der Waals surface area contributed by atoms with Gasteiger partial charge in [-0.3, -0.25) is 4.79 Å². The van der Waals surface area contributed by atoms with Crippen LogP contribution in [0.25, 0.3) is 11.1 Å². The van der Waals surface area contributed by atoms with E-state index in [0.29, 0.717) is 10.7 Å². The molecule has 0 bridgehead atoms. The monoisotopic (exact) mass is 270 g/mol. The summed E-state index contributed by atoms with van der Waals surface area (Å²) in [5.41, 5.74) is 2.60. The van der Waals surface area contributed by atoms with Gasteiger partial charge in [0, 0.05) is 10.7 Å². The lowest BCUT2D eigenvalue weighted by Crippen LogP contribution is -2.09. The fourth-order valence-corrected chi connectivity index (χ4v) is 1.91. The maximum atomic E-state index is 11.4. The Morgan fingerprint density at radius 1 is 1.16 bits per heavy atom. The number of hydrogen-bond acceptors (Lipinski definition) is 2. The molecule has 1 N–H and O–H groups in total. The highest BCUT2D eigenvalue weighted by atomic mass is 35.5. The van der Waals surface area contributed by atoms with Crippen molar-refractivity contribution in [1.29, 1.82) is 5.26 Å². The SMILES string of the molecule is N#CCC(=O)Nc1cccc(-c2cccc(Cl)c2)c1. The highest BCUT2D eigenvalue weighted by Gasteiger charge is 2.03. The lowest BCUT2D eigenvalue weighted by molar-refractivity contribution is -0.115. The highest BCUT2D eigenvalue weighted by molar-refractivity contribution is 6.30. The van der Waals surface area contributed by atoms with Crippen LogP contribution in [0, 0.1) is 11.3 Å². The van der Waals surface area contributed by atoms with Crippen molar-refractivity contribution in [2.45, 2.75) is 6.42 Å². The summed E-state index contributed by atoms with van der Waals surface area (Å²) in [4.78, 5) is 11.4. The van der Waals surface area contributed by atoms with E-state index in [1.165, 1.54) is 0 Å². The molecule has 1 amide bonds. The molecular formula is C15H11ClN2O. The van der Waals surface area contributed by atoms with Crippen LogP contribution in [-0.2, 0) is 4.79 Å². The fraction of sp³-hybridized carbons (Fsp3) is 0.0667. The minimum Gasteiger partial charge on any atom is -0.325 e. The van der Waals surface area contributed by atoms with Crippen molar-refractivity contribution >= 4 is 23.2 Å². The molecule has 19 heavy (non-hydrogen) atoms. The molecule has 4 heteroatoms. The van der Waals surface area contributed by atoms with E-state index >= 15 is 0 Å². The molecule has 2 rings (SSSR count). The Labute approximate surface area is 116 Å². The molecule has 2 aromatic rings. The van der Waals surface area contributed by atoms with Crippen molar-refractivity contribution in [3.8, 4) is 17.2 Å². The summed E-state index contributed by atoms with van der Waals surface area (Å²) in [6, 6.07) is 16.7. The molecule has 0 atom stereocenters. The number of anilines is 1. The van der Waals surface area contributed by atoms with Crippen LogP contribution in [-0.4, -0.2) is 5.91 Å². The van der Waals surface area contributed by atoms with Crippen LogP contribution in [0.2, 0.25) is 5.02 Å². The number of rotatable bonds is 3. The smallest absolute Gasteiger partial charge is 0.238 e. The zero-order chi connectivity index (χ0) is 13.7. The summed E-state index contributed by atoms with van der Waals surface area (Å²) in [7, 11) is 0. The molecule has 0 spiro atoms. The molecule has 0 aliphatic heterocycles. The lowest BCUT2D eigenvalue weighted by Gasteiger charge is -2.06. The molecule has 0 saturated carbocycles. The number of hydrogen-bond donors (Lipinski definition) is 1. The van der Waals surface area contributed by atoms with Gasteiger partial charge in [-0.05, 0) is 35.4 Å². The van der Waals surface area contributed by atoms with Crippen LogP contribution in [0.1, 0.15) is 6.42 Å². The topological polar surface area (TPSA) is 52.9 Å². The van der Waals surface area contributed by atoms with Crippen LogP contribution in [0.15, 0.2) is 48.5 Å². The van der Waals surface area contributed by atoms with E-state index in [1.54, 1.807) is 6.07 Å². The van der Waals surface area contributed by atoms with Gasteiger partial charge < -0.3 is 5.32 Å². The second-order valence-corrected chi connectivity index (χ2v) is 4.41. The van der Waals surface area contributed by atoms with Crippen molar-refractivity contribution < 1.29 is 4.79 Å². The number of nitrogens with one attached hydrogen (secondary N) is 1. The first-order valence-electron chi connectivity index (χ1n) is 5.72. The van der Waals surface area contributed by atoms with E-state index < -0.39 is 0 Å². The van der Waals surface area contributed by atoms with Crippen LogP contribution < -0.4 is 5.32 Å². The van der Waals surface area contributed by atoms with Crippen molar-refractivity contribution in [3.05, 3.63) is 53.6 Å². The first-order chi connectivity index (χ1) is 9.19. The van der Waals surface area contributed by atoms with Crippen molar-refractivity contribution in [3.63, 3.8) is 0 Å². The molecule has 0 unspecified atom stereocenters. The molecule has 94 valence electrons. The molecule has 0 aliphatic carbocycles. The third-order valence-electron chi connectivity index (χ3n) is 2.54. The van der Waals surface area contributed by atoms with Gasteiger partial charge in [0.15, 0.2) is 0 Å². The molecule has 0 fully saturated rings. The molecule has 0 radical (unpaired) electrons. The Morgan fingerprint density at radius 3 is 2.53 bits per heavy atom. The van der Waals surface area contributed by atoms with Gasteiger partial charge in [-0.25, -0.2) is 0 Å². The van der Waals surface area contributed by atoms with Gasteiger partial charge in [-0.1, -0.05) is 35.9 Å². The maximum Gasteiger partial charge on any atom is 0.238 e. The zero-order valence-electron chi connectivity index (χ0n) is 10.1. The van der Waals surface area contributed by atoms with Gasteiger partial charge in [0.2, 0.25) is 5.91 Å². The summed E-state index contributed by atoms with van der Waals surface area (Å²) >= 11 is 5.95. The summed E-state index contributed by atoms with van der Waals surface area (Å²) in [5, 5.41) is 11.8. The maximum absolute atomic E-state index is 11.4. The van der Waals surface area contributed by atoms with Crippen molar-refractivity contribution in [2.75, 3.05) is 5.32 Å². The normalized spacial score (nSPS) is 9.68. The third-order valence-corrected chi connectivity index (χ3v) is 2.78. The van der Waals surface area contributed by atoms with Gasteiger partial charge in [-0.15, -0.1) is 0 Å². The number of benzene rings is 2. The molecule has 2 aromatic carbocycles. The number of nitrogens with zero attached hydrogens (tertiary/aromatic N) is 1. The number of amides is 1. The first kappa shape index (κ1) is 13.1. The summed E-state index contributed by atoms with van der Waals surface area (Å²) in [6.45, 7) is 0. The van der Waals surface area contributed by atoms with Crippen LogP contribution in [0.4, 0.5) is 5.69 Å². The van der Waals surface area contributed by atoms with Gasteiger partial charge in [-0.2, -0.15) is 5.26 Å². The average Bonchev–Trinajstić information content (AvgIpc) is 2.39. The lowest BCUT2D eigenvalue weighted by atomic mass is 10.1. The fourth-order valence-electron chi connectivity index (χ4n) is 1.72. The predicted molar refractivity (Wildman–Crippen MR) is 75.7 cm³/mol. The molecule has 0 saturated heterocycles. The number of nitriles is 1. The molecule has 0 aromatic heterocycles. The number of carbonyl (C=O) groups is 1. The Kier molecular flexibility index (Phi) is 4.17. The van der Waals surface area contributed by atoms with E-state index in [0.717, 1.165) is 11.1 Å². The largest absolute Gasteiger partial charge is 0.325 e. The van der Waals surface area contributed by atoms with E-state index in [2.05, 4.69) is 5.32 Å². The molecule has 0 aliphatic rings. The second-order valence-electron chi connectivity index (χ2n) is 3.97. The first-order valence-corrected chi connectivity index (χ1v) is 6.09. The highest BCUT2D eigenvalue weighted by Crippen LogP contribution is 2.25. The van der Waals surface area contributed by atoms with E-state index in [-0.39, 0.29) is 12.3 Å². The quantitative estimate of drug-likeness (QED) is 0.921. The molecular weight excluding hydrogens is 260 g/mol. The van der Waals surface area contributed by atoms with Gasteiger partial charge in [0.25, 0.3) is 0 Å². The van der Waals surface area contributed by atoms with E-state index in [1.807, 2.05) is 48.5 Å².